The van der Waals surface area contributed by atoms with Crippen molar-refractivity contribution in [3.63, 3.8) is 0 Å². The molecule has 0 unspecified atom stereocenters. The fourth-order valence-corrected chi connectivity index (χ4v) is 10.0. The maximum absolute atomic E-state index is 2.45. The second-order valence-electron chi connectivity index (χ2n) is 16.8. The highest BCUT2D eigenvalue weighted by Gasteiger charge is 2.24. The van der Waals surface area contributed by atoms with Gasteiger partial charge in [0.2, 0.25) is 0 Å². The smallest absolute Gasteiger partial charge is 0.0547 e. The highest BCUT2D eigenvalue weighted by molar-refractivity contribution is 6.16. The van der Waals surface area contributed by atoms with Gasteiger partial charge in [0.05, 0.1) is 16.7 Å². The van der Waals surface area contributed by atoms with Crippen LogP contribution in [0.4, 0.5) is 17.1 Å². The lowest BCUT2D eigenvalue weighted by Gasteiger charge is -2.30. The van der Waals surface area contributed by atoms with Crippen LogP contribution in [0.25, 0.3) is 93.9 Å². The van der Waals surface area contributed by atoms with Crippen molar-refractivity contribution in [3.8, 4) is 61.3 Å². The molecule has 11 aromatic carbocycles. The second-order valence-corrected chi connectivity index (χ2v) is 16.8. The molecule has 2 heteroatoms. The third kappa shape index (κ3) is 6.84. The summed E-state index contributed by atoms with van der Waals surface area (Å²) in [5.41, 5.74) is 18.6. The zero-order valence-electron chi connectivity index (χ0n) is 36.3. The predicted molar refractivity (Wildman–Crippen MR) is 280 cm³/mol. The Labute approximate surface area is 385 Å². The van der Waals surface area contributed by atoms with E-state index in [0.29, 0.717) is 0 Å². The number of anilines is 3. The summed E-state index contributed by atoms with van der Waals surface area (Å²) in [7, 11) is 0. The summed E-state index contributed by atoms with van der Waals surface area (Å²) in [5.74, 6) is 0. The van der Waals surface area contributed by atoms with Gasteiger partial charge in [-0.2, -0.15) is 0 Å². The van der Waals surface area contributed by atoms with Crippen molar-refractivity contribution >= 4 is 49.6 Å². The lowest BCUT2D eigenvalue weighted by Crippen LogP contribution is -2.12. The van der Waals surface area contributed by atoms with Gasteiger partial charge in [0.1, 0.15) is 0 Å². The van der Waals surface area contributed by atoms with Crippen LogP contribution in [-0.4, -0.2) is 4.57 Å². The van der Waals surface area contributed by atoms with E-state index in [1.807, 2.05) is 0 Å². The second kappa shape index (κ2) is 16.8. The molecular formula is C64H44N2. The van der Waals surface area contributed by atoms with E-state index in [1.54, 1.807) is 0 Å². The molecule has 0 spiro atoms. The Morgan fingerprint density at radius 3 is 1.44 bits per heavy atom. The van der Waals surface area contributed by atoms with Crippen molar-refractivity contribution < 1.29 is 0 Å². The van der Waals surface area contributed by atoms with Gasteiger partial charge in [0.15, 0.2) is 0 Å². The quantitative estimate of drug-likeness (QED) is 0.141. The maximum Gasteiger partial charge on any atom is 0.0547 e. The Kier molecular flexibility index (Phi) is 9.89. The van der Waals surface area contributed by atoms with Gasteiger partial charge in [0.25, 0.3) is 0 Å². The van der Waals surface area contributed by atoms with E-state index in [1.165, 1.54) is 88.2 Å². The first-order valence-corrected chi connectivity index (χ1v) is 22.7. The van der Waals surface area contributed by atoms with Crippen molar-refractivity contribution in [3.05, 3.63) is 267 Å². The number of para-hydroxylation sites is 2. The molecule has 12 rings (SSSR count). The van der Waals surface area contributed by atoms with Gasteiger partial charge in [-0.15, -0.1) is 0 Å². The zero-order chi connectivity index (χ0) is 43.8. The number of fused-ring (bicyclic) bond motifs is 4. The van der Waals surface area contributed by atoms with E-state index >= 15 is 0 Å². The summed E-state index contributed by atoms with van der Waals surface area (Å²) < 4.78 is 2.39. The van der Waals surface area contributed by atoms with E-state index in [9.17, 15) is 0 Å². The van der Waals surface area contributed by atoms with Gasteiger partial charge in [-0.05, 0) is 115 Å². The number of hydrogen-bond donors (Lipinski definition) is 0. The lowest BCUT2D eigenvalue weighted by molar-refractivity contribution is 1.18. The van der Waals surface area contributed by atoms with Crippen LogP contribution in [0.2, 0.25) is 0 Å². The first-order valence-electron chi connectivity index (χ1n) is 22.7. The number of rotatable bonds is 9. The minimum atomic E-state index is 1.07. The van der Waals surface area contributed by atoms with E-state index in [-0.39, 0.29) is 0 Å². The molecule has 0 saturated carbocycles. The molecule has 0 fully saturated rings. The van der Waals surface area contributed by atoms with Crippen LogP contribution in [0.3, 0.4) is 0 Å². The lowest BCUT2D eigenvalue weighted by atomic mass is 9.87. The molecule has 0 aliphatic rings. The molecule has 12 aromatic rings. The van der Waals surface area contributed by atoms with Gasteiger partial charge in [-0.1, -0.05) is 212 Å². The Balaban J connectivity index is 1.07. The predicted octanol–water partition coefficient (Wildman–Crippen LogP) is 17.7. The summed E-state index contributed by atoms with van der Waals surface area (Å²) in [6, 6.07) is 96.9. The SMILES string of the molecule is c1ccc(-c2ccccc2-c2c(-c3ccccc3)cccc2N(c2ccc(-c3cccc4ccccc34)cc2)c2ccc(-c3cccc4c3c3ccccc3n4-c3ccccc3)cc2)cc1. The molecule has 1 aromatic heterocycles. The minimum absolute atomic E-state index is 1.07. The van der Waals surface area contributed by atoms with Gasteiger partial charge < -0.3 is 9.47 Å². The van der Waals surface area contributed by atoms with Crippen molar-refractivity contribution in [1.29, 1.82) is 0 Å². The molecule has 0 aliphatic carbocycles. The van der Waals surface area contributed by atoms with Crippen LogP contribution < -0.4 is 4.90 Å². The monoisotopic (exact) mass is 840 g/mol. The molecule has 0 N–H and O–H groups in total. The van der Waals surface area contributed by atoms with Crippen LogP contribution in [0, 0.1) is 0 Å². The summed E-state index contributed by atoms with van der Waals surface area (Å²) in [6.07, 6.45) is 0. The number of aromatic nitrogens is 1. The highest BCUT2D eigenvalue weighted by atomic mass is 15.1. The van der Waals surface area contributed by atoms with Crippen LogP contribution in [0.5, 0.6) is 0 Å². The maximum atomic E-state index is 2.45. The van der Waals surface area contributed by atoms with E-state index in [4.69, 9.17) is 0 Å². The molecular weight excluding hydrogens is 797 g/mol. The summed E-state index contributed by atoms with van der Waals surface area (Å²) in [6.45, 7) is 0. The van der Waals surface area contributed by atoms with Crippen molar-refractivity contribution in [1.82, 2.24) is 4.57 Å². The van der Waals surface area contributed by atoms with Crippen molar-refractivity contribution in [2.45, 2.75) is 0 Å². The molecule has 0 saturated heterocycles. The number of nitrogens with zero attached hydrogens (tertiary/aromatic N) is 2. The van der Waals surface area contributed by atoms with Crippen molar-refractivity contribution in [2.24, 2.45) is 0 Å². The summed E-state index contributed by atoms with van der Waals surface area (Å²) in [5, 5.41) is 4.97. The van der Waals surface area contributed by atoms with Crippen LogP contribution in [0.15, 0.2) is 267 Å². The minimum Gasteiger partial charge on any atom is -0.310 e. The fraction of sp³-hybridized carbons (Fsp3) is 0. The van der Waals surface area contributed by atoms with Gasteiger partial charge >= 0.3 is 0 Å². The highest BCUT2D eigenvalue weighted by Crippen LogP contribution is 2.49. The molecule has 0 amide bonds. The van der Waals surface area contributed by atoms with Crippen molar-refractivity contribution in [2.75, 3.05) is 4.90 Å². The fourth-order valence-electron chi connectivity index (χ4n) is 10.0. The summed E-state index contributed by atoms with van der Waals surface area (Å²) >= 11 is 0. The average molecular weight is 841 g/mol. The Bertz CT molecular complexity index is 3660. The van der Waals surface area contributed by atoms with E-state index in [2.05, 4.69) is 276 Å². The standard InChI is InChI=1S/C64H44N2/c1-4-19-45(20-5-1)55-28-12-13-29-58(55)63-56(47-21-6-2-7-22-47)32-17-35-61(63)65(51-41-37-48(38-42-51)54-31-16-24-46-23-10-11-27-53(46)54)52-43-39-49(40-44-52)57-33-18-36-62-64(57)59-30-14-15-34-60(59)66(62)50-25-8-3-9-26-50/h1-44H. The third-order valence-electron chi connectivity index (χ3n) is 13.0. The largest absolute Gasteiger partial charge is 0.310 e. The average Bonchev–Trinajstić information content (AvgIpc) is 3.74. The third-order valence-corrected chi connectivity index (χ3v) is 13.0. The first-order chi connectivity index (χ1) is 32.8. The van der Waals surface area contributed by atoms with Gasteiger partial charge in [0, 0.05) is 33.4 Å². The summed E-state index contributed by atoms with van der Waals surface area (Å²) in [4.78, 5) is 2.45. The Hall–Kier alpha value is -8.72. The molecule has 310 valence electrons. The topological polar surface area (TPSA) is 8.17 Å². The molecule has 0 bridgehead atoms. The Morgan fingerprint density at radius 1 is 0.273 bits per heavy atom. The number of hydrogen-bond acceptors (Lipinski definition) is 1. The normalized spacial score (nSPS) is 11.3. The molecule has 66 heavy (non-hydrogen) atoms. The van der Waals surface area contributed by atoms with Gasteiger partial charge in [-0.25, -0.2) is 0 Å². The molecule has 1 heterocycles. The van der Waals surface area contributed by atoms with Gasteiger partial charge in [-0.3, -0.25) is 0 Å². The molecule has 0 aliphatic heterocycles. The number of benzene rings is 11. The Morgan fingerprint density at radius 2 is 0.727 bits per heavy atom. The van der Waals surface area contributed by atoms with Crippen LogP contribution in [0.1, 0.15) is 0 Å². The zero-order valence-corrected chi connectivity index (χ0v) is 36.3. The van der Waals surface area contributed by atoms with Crippen LogP contribution >= 0.6 is 0 Å². The first kappa shape index (κ1) is 38.9. The van der Waals surface area contributed by atoms with E-state index in [0.717, 1.165) is 22.7 Å². The molecule has 0 radical (unpaired) electrons. The molecule has 2 nitrogen and oxygen atoms in total. The van der Waals surface area contributed by atoms with Crippen LogP contribution in [-0.2, 0) is 0 Å². The van der Waals surface area contributed by atoms with E-state index < -0.39 is 0 Å². The molecule has 0 atom stereocenters.